The highest BCUT2D eigenvalue weighted by atomic mass is 16.3. The minimum Gasteiger partial charge on any atom is -0.380 e. The zero-order valence-electron chi connectivity index (χ0n) is 11.9. The summed E-state index contributed by atoms with van der Waals surface area (Å²) >= 11 is 0. The van der Waals surface area contributed by atoms with E-state index >= 15 is 0 Å². The third-order valence-electron chi connectivity index (χ3n) is 4.10. The molecule has 1 saturated heterocycles. The second-order valence-electron chi connectivity index (χ2n) is 5.22. The van der Waals surface area contributed by atoms with Gasteiger partial charge in [-0.15, -0.1) is 0 Å². The summed E-state index contributed by atoms with van der Waals surface area (Å²) in [6.07, 6.45) is 7.23. The van der Waals surface area contributed by atoms with E-state index in [9.17, 15) is 5.11 Å². The third kappa shape index (κ3) is 2.77. The van der Waals surface area contributed by atoms with Crippen LogP contribution in [-0.2, 0) is 5.60 Å². The van der Waals surface area contributed by atoms with Gasteiger partial charge in [0.2, 0.25) is 0 Å². The molecule has 1 heterocycles. The molecule has 1 aliphatic rings. The van der Waals surface area contributed by atoms with Gasteiger partial charge < -0.3 is 10.4 Å². The summed E-state index contributed by atoms with van der Waals surface area (Å²) in [5.74, 6) is 0.190. The van der Waals surface area contributed by atoms with Crippen LogP contribution in [0.2, 0.25) is 0 Å². The average molecular weight is 269 g/mol. The predicted octanol–water partition coefficient (Wildman–Crippen LogP) is 3.17. The zero-order valence-corrected chi connectivity index (χ0v) is 11.9. The molecule has 0 saturated carbocycles. The molecular weight excluding hydrogens is 246 g/mol. The monoisotopic (exact) mass is 269 g/mol. The second kappa shape index (κ2) is 6.69. The van der Waals surface area contributed by atoms with Gasteiger partial charge in [-0.05, 0) is 43.0 Å². The summed E-state index contributed by atoms with van der Waals surface area (Å²) in [5.41, 5.74) is 0.768. The molecule has 0 spiro atoms. The van der Waals surface area contributed by atoms with Crippen LogP contribution in [0.4, 0.5) is 0 Å². The van der Waals surface area contributed by atoms with Gasteiger partial charge >= 0.3 is 0 Å². The first kappa shape index (κ1) is 14.8. The summed E-state index contributed by atoms with van der Waals surface area (Å²) in [5, 5.41) is 14.8. The van der Waals surface area contributed by atoms with Crippen LogP contribution in [0.1, 0.15) is 18.4 Å². The Balaban J connectivity index is 2.49. The smallest absolute Gasteiger partial charge is 0.117 e. The Labute approximate surface area is 121 Å². The van der Waals surface area contributed by atoms with Crippen molar-refractivity contribution in [3.8, 4) is 0 Å². The van der Waals surface area contributed by atoms with E-state index in [0.29, 0.717) is 0 Å². The number of nitrogens with one attached hydrogen (secondary N) is 1. The van der Waals surface area contributed by atoms with Crippen molar-refractivity contribution in [2.45, 2.75) is 18.4 Å². The minimum atomic E-state index is -0.987. The van der Waals surface area contributed by atoms with Crippen molar-refractivity contribution < 1.29 is 5.11 Å². The molecule has 2 heteroatoms. The van der Waals surface area contributed by atoms with E-state index in [4.69, 9.17) is 0 Å². The van der Waals surface area contributed by atoms with E-state index in [2.05, 4.69) is 18.5 Å². The number of piperidine rings is 1. The first-order chi connectivity index (χ1) is 9.73. The molecule has 2 N–H and O–H groups in total. The van der Waals surface area contributed by atoms with Crippen molar-refractivity contribution in [1.82, 2.24) is 5.32 Å². The van der Waals surface area contributed by atoms with Gasteiger partial charge in [0.15, 0.2) is 0 Å². The van der Waals surface area contributed by atoms with Crippen LogP contribution in [0.25, 0.3) is 0 Å². The highest BCUT2D eigenvalue weighted by Crippen LogP contribution is 2.41. The quantitative estimate of drug-likeness (QED) is 0.805. The number of aliphatic hydroxyl groups is 1. The zero-order chi connectivity index (χ0) is 14.4. The average Bonchev–Trinajstić information content (AvgIpc) is 2.53. The molecule has 2 rings (SSSR count). The van der Waals surface area contributed by atoms with Crippen LogP contribution in [-0.4, -0.2) is 18.2 Å². The maximum absolute atomic E-state index is 11.5. The van der Waals surface area contributed by atoms with Crippen molar-refractivity contribution in [3.05, 3.63) is 72.9 Å². The van der Waals surface area contributed by atoms with E-state index in [-0.39, 0.29) is 5.92 Å². The van der Waals surface area contributed by atoms with Gasteiger partial charge in [0, 0.05) is 0 Å². The molecule has 106 valence electrons. The number of hydrogen-bond donors (Lipinski definition) is 2. The maximum atomic E-state index is 11.5. The van der Waals surface area contributed by atoms with E-state index in [0.717, 1.165) is 37.1 Å². The number of benzene rings is 1. The lowest BCUT2D eigenvalue weighted by molar-refractivity contribution is 0.00173. The van der Waals surface area contributed by atoms with Crippen molar-refractivity contribution >= 4 is 0 Å². The molecule has 1 atom stereocenters. The summed E-state index contributed by atoms with van der Waals surface area (Å²) in [6.45, 7) is 9.51. The van der Waals surface area contributed by atoms with Crippen molar-refractivity contribution in [1.29, 1.82) is 0 Å². The summed E-state index contributed by atoms with van der Waals surface area (Å²) in [7, 11) is 0. The Morgan fingerprint density at radius 2 is 1.85 bits per heavy atom. The number of hydrogen-bond acceptors (Lipinski definition) is 2. The Hall–Kier alpha value is -1.64. The largest absolute Gasteiger partial charge is 0.380 e. The third-order valence-corrected chi connectivity index (χ3v) is 4.10. The highest BCUT2D eigenvalue weighted by Gasteiger charge is 2.40. The van der Waals surface area contributed by atoms with Crippen LogP contribution < -0.4 is 5.32 Å². The molecule has 0 aliphatic carbocycles. The molecule has 0 aromatic heterocycles. The van der Waals surface area contributed by atoms with Crippen LogP contribution in [0.15, 0.2) is 67.3 Å². The summed E-state index contributed by atoms with van der Waals surface area (Å²) in [4.78, 5) is 0. The molecule has 0 amide bonds. The Bertz CT molecular complexity index is 485. The lowest BCUT2D eigenvalue weighted by Crippen LogP contribution is -2.42. The minimum absolute atomic E-state index is 0.190. The lowest BCUT2D eigenvalue weighted by atomic mass is 9.71. The van der Waals surface area contributed by atoms with E-state index in [1.165, 1.54) is 0 Å². The molecule has 0 radical (unpaired) electrons. The van der Waals surface area contributed by atoms with Crippen molar-refractivity contribution in [2.24, 2.45) is 5.92 Å². The van der Waals surface area contributed by atoms with Gasteiger partial charge in [-0.1, -0.05) is 61.7 Å². The molecule has 1 aromatic rings. The van der Waals surface area contributed by atoms with Gasteiger partial charge in [0.05, 0.1) is 0 Å². The van der Waals surface area contributed by atoms with Gasteiger partial charge in [-0.25, -0.2) is 0 Å². The lowest BCUT2D eigenvalue weighted by Gasteiger charge is -2.40. The molecule has 1 fully saturated rings. The normalized spacial score (nSPS) is 20.1. The Morgan fingerprint density at radius 1 is 1.20 bits per heavy atom. The first-order valence-electron chi connectivity index (χ1n) is 7.17. The summed E-state index contributed by atoms with van der Waals surface area (Å²) < 4.78 is 0. The van der Waals surface area contributed by atoms with E-state index in [1.54, 1.807) is 12.2 Å². The topological polar surface area (TPSA) is 32.3 Å². The SMILES string of the molecule is C=C/C=C(\C=C)C(O)(c1ccccc1)C1CCNCC1. The van der Waals surface area contributed by atoms with Gasteiger partial charge in [-0.3, -0.25) is 0 Å². The fraction of sp³-hybridized carbons (Fsp3) is 0.333. The van der Waals surface area contributed by atoms with Crippen molar-refractivity contribution in [2.75, 3.05) is 13.1 Å². The molecular formula is C18H23NO. The summed E-state index contributed by atoms with van der Waals surface area (Å²) in [6, 6.07) is 9.88. The molecule has 1 aliphatic heterocycles. The molecule has 0 bridgehead atoms. The molecule has 20 heavy (non-hydrogen) atoms. The fourth-order valence-corrected chi connectivity index (χ4v) is 3.05. The number of allylic oxidation sites excluding steroid dienone is 2. The van der Waals surface area contributed by atoms with Gasteiger partial charge in [-0.2, -0.15) is 0 Å². The maximum Gasteiger partial charge on any atom is 0.117 e. The van der Waals surface area contributed by atoms with Crippen molar-refractivity contribution in [3.63, 3.8) is 0 Å². The number of rotatable bonds is 5. The van der Waals surface area contributed by atoms with Crippen LogP contribution in [0.5, 0.6) is 0 Å². The first-order valence-corrected chi connectivity index (χ1v) is 7.17. The molecule has 2 nitrogen and oxygen atoms in total. The van der Waals surface area contributed by atoms with Crippen LogP contribution in [0.3, 0.4) is 0 Å². The van der Waals surface area contributed by atoms with E-state index < -0.39 is 5.60 Å². The molecule has 1 unspecified atom stereocenters. The Morgan fingerprint density at radius 3 is 2.40 bits per heavy atom. The van der Waals surface area contributed by atoms with Gasteiger partial charge in [0.1, 0.15) is 5.60 Å². The second-order valence-corrected chi connectivity index (χ2v) is 5.22. The predicted molar refractivity (Wildman–Crippen MR) is 84.4 cm³/mol. The Kier molecular flexibility index (Phi) is 4.94. The van der Waals surface area contributed by atoms with Crippen LogP contribution in [0, 0.1) is 5.92 Å². The van der Waals surface area contributed by atoms with Gasteiger partial charge in [0.25, 0.3) is 0 Å². The fourth-order valence-electron chi connectivity index (χ4n) is 3.05. The molecule has 1 aromatic carbocycles. The van der Waals surface area contributed by atoms with E-state index in [1.807, 2.05) is 36.4 Å². The highest BCUT2D eigenvalue weighted by molar-refractivity contribution is 5.40. The standard InChI is InChI=1S/C18H23NO/c1-3-8-15(4-2)18(20,16-9-6-5-7-10-16)17-11-13-19-14-12-17/h3-10,17,19-20H,1-2,11-14H2/b15-8+. The van der Waals surface area contributed by atoms with Crippen LogP contribution >= 0.6 is 0 Å².